The number of aryl methyl sites for hydroxylation is 1. The zero-order valence-corrected chi connectivity index (χ0v) is 11.2. The van der Waals surface area contributed by atoms with E-state index in [1.54, 1.807) is 0 Å². The Hall–Kier alpha value is -2.09. The molecule has 0 aliphatic carbocycles. The molecule has 0 heterocycles. The lowest BCUT2D eigenvalue weighted by Gasteiger charge is -2.06. The zero-order chi connectivity index (χ0) is 13.5. The van der Waals surface area contributed by atoms with Crippen LogP contribution >= 0.6 is 0 Å². The van der Waals surface area contributed by atoms with Gasteiger partial charge in [0.05, 0.1) is 6.42 Å². The monoisotopic (exact) mass is 253 g/mol. The van der Waals surface area contributed by atoms with Crippen molar-refractivity contribution in [3.8, 4) is 0 Å². The molecule has 0 atom stereocenters. The lowest BCUT2D eigenvalue weighted by Crippen LogP contribution is -2.27. The molecular formula is C17H19NO. The molecular weight excluding hydrogens is 234 g/mol. The van der Waals surface area contributed by atoms with Gasteiger partial charge in [-0.25, -0.2) is 0 Å². The molecule has 19 heavy (non-hydrogen) atoms. The molecule has 0 saturated carbocycles. The minimum Gasteiger partial charge on any atom is -0.355 e. The average molecular weight is 253 g/mol. The Morgan fingerprint density at radius 2 is 1.63 bits per heavy atom. The van der Waals surface area contributed by atoms with Gasteiger partial charge in [0.1, 0.15) is 0 Å². The first-order valence-electron chi connectivity index (χ1n) is 6.60. The summed E-state index contributed by atoms with van der Waals surface area (Å²) in [5.41, 5.74) is 3.52. The van der Waals surface area contributed by atoms with Crippen LogP contribution in [0.25, 0.3) is 0 Å². The largest absolute Gasteiger partial charge is 0.355 e. The quantitative estimate of drug-likeness (QED) is 0.872. The first-order chi connectivity index (χ1) is 9.24. The summed E-state index contributed by atoms with van der Waals surface area (Å²) in [5, 5.41) is 2.96. The molecule has 0 unspecified atom stereocenters. The van der Waals surface area contributed by atoms with Crippen LogP contribution < -0.4 is 5.32 Å². The molecule has 1 amide bonds. The molecule has 2 rings (SSSR count). The lowest BCUT2D eigenvalue weighted by atomic mass is 10.1. The van der Waals surface area contributed by atoms with Gasteiger partial charge in [-0.15, -0.1) is 0 Å². The van der Waals surface area contributed by atoms with Gasteiger partial charge in [0, 0.05) is 6.54 Å². The van der Waals surface area contributed by atoms with E-state index < -0.39 is 0 Å². The number of rotatable bonds is 5. The normalized spacial score (nSPS) is 10.2. The SMILES string of the molecule is Cc1ccc(CC(=O)NCCc2ccccc2)cc1. The maximum atomic E-state index is 11.8. The van der Waals surface area contributed by atoms with Gasteiger partial charge in [0.2, 0.25) is 5.91 Å². The summed E-state index contributed by atoms with van der Waals surface area (Å²) in [7, 11) is 0. The topological polar surface area (TPSA) is 29.1 Å². The number of hydrogen-bond donors (Lipinski definition) is 1. The highest BCUT2D eigenvalue weighted by molar-refractivity contribution is 5.78. The number of amides is 1. The average Bonchev–Trinajstić information content (AvgIpc) is 2.43. The van der Waals surface area contributed by atoms with Crippen molar-refractivity contribution >= 4 is 5.91 Å². The van der Waals surface area contributed by atoms with Gasteiger partial charge in [-0.3, -0.25) is 4.79 Å². The van der Waals surface area contributed by atoms with Gasteiger partial charge in [-0.1, -0.05) is 60.2 Å². The van der Waals surface area contributed by atoms with Crippen molar-refractivity contribution in [3.63, 3.8) is 0 Å². The van der Waals surface area contributed by atoms with Gasteiger partial charge in [0.15, 0.2) is 0 Å². The summed E-state index contributed by atoms with van der Waals surface area (Å²) in [4.78, 5) is 11.8. The van der Waals surface area contributed by atoms with Gasteiger partial charge in [-0.05, 0) is 24.5 Å². The highest BCUT2D eigenvalue weighted by Gasteiger charge is 2.02. The Morgan fingerprint density at radius 1 is 0.947 bits per heavy atom. The third-order valence-electron chi connectivity index (χ3n) is 3.06. The summed E-state index contributed by atoms with van der Waals surface area (Å²) in [6.07, 6.45) is 1.33. The molecule has 0 aliphatic heterocycles. The van der Waals surface area contributed by atoms with Crippen LogP contribution in [0.1, 0.15) is 16.7 Å². The third-order valence-corrected chi connectivity index (χ3v) is 3.06. The maximum absolute atomic E-state index is 11.8. The summed E-state index contributed by atoms with van der Waals surface area (Å²) in [5.74, 6) is 0.0831. The molecule has 2 aromatic rings. The number of carbonyl (C=O) groups is 1. The van der Waals surface area contributed by atoms with Crippen LogP contribution in [0, 0.1) is 6.92 Å². The Bertz CT molecular complexity index is 517. The molecule has 1 N–H and O–H groups in total. The molecule has 0 fully saturated rings. The van der Waals surface area contributed by atoms with E-state index in [9.17, 15) is 4.79 Å². The minimum absolute atomic E-state index is 0.0831. The second-order valence-electron chi connectivity index (χ2n) is 4.75. The smallest absolute Gasteiger partial charge is 0.224 e. The van der Waals surface area contributed by atoms with Crippen molar-refractivity contribution in [1.82, 2.24) is 5.32 Å². The molecule has 0 spiro atoms. The van der Waals surface area contributed by atoms with E-state index in [1.807, 2.05) is 49.4 Å². The number of nitrogens with one attached hydrogen (secondary N) is 1. The fraction of sp³-hybridized carbons (Fsp3) is 0.235. The summed E-state index contributed by atoms with van der Waals surface area (Å²) in [6, 6.07) is 18.3. The molecule has 2 heteroatoms. The molecule has 0 aromatic heterocycles. The number of benzene rings is 2. The maximum Gasteiger partial charge on any atom is 0.224 e. The fourth-order valence-corrected chi connectivity index (χ4v) is 1.94. The van der Waals surface area contributed by atoms with Crippen LogP contribution in [0.15, 0.2) is 54.6 Å². The van der Waals surface area contributed by atoms with E-state index in [0.717, 1.165) is 12.0 Å². The first kappa shape index (κ1) is 13.3. The van der Waals surface area contributed by atoms with Crippen LogP contribution in [-0.2, 0) is 17.6 Å². The van der Waals surface area contributed by atoms with E-state index in [4.69, 9.17) is 0 Å². The van der Waals surface area contributed by atoms with Crippen LogP contribution in [0.3, 0.4) is 0 Å². The Balaban J connectivity index is 1.74. The van der Waals surface area contributed by atoms with E-state index in [0.29, 0.717) is 13.0 Å². The second kappa shape index (κ2) is 6.74. The molecule has 2 nitrogen and oxygen atoms in total. The van der Waals surface area contributed by atoms with Crippen LogP contribution in [0.2, 0.25) is 0 Å². The number of hydrogen-bond acceptors (Lipinski definition) is 1. The molecule has 0 aliphatic rings. The van der Waals surface area contributed by atoms with Gasteiger partial charge < -0.3 is 5.32 Å². The van der Waals surface area contributed by atoms with Crippen molar-refractivity contribution in [2.75, 3.05) is 6.54 Å². The van der Waals surface area contributed by atoms with Crippen molar-refractivity contribution < 1.29 is 4.79 Å². The standard InChI is InChI=1S/C17H19NO/c1-14-7-9-16(10-8-14)13-17(19)18-12-11-15-5-3-2-4-6-15/h2-10H,11-13H2,1H3,(H,18,19). The molecule has 98 valence electrons. The van der Waals surface area contributed by atoms with E-state index in [2.05, 4.69) is 17.4 Å². The van der Waals surface area contributed by atoms with Crippen molar-refractivity contribution in [2.24, 2.45) is 0 Å². The van der Waals surface area contributed by atoms with Crippen molar-refractivity contribution in [2.45, 2.75) is 19.8 Å². The van der Waals surface area contributed by atoms with Crippen LogP contribution in [0.4, 0.5) is 0 Å². The van der Waals surface area contributed by atoms with Gasteiger partial charge >= 0.3 is 0 Å². The minimum atomic E-state index is 0.0831. The number of carbonyl (C=O) groups excluding carboxylic acids is 1. The Kier molecular flexibility index (Phi) is 4.73. The van der Waals surface area contributed by atoms with Crippen molar-refractivity contribution in [3.05, 3.63) is 71.3 Å². The highest BCUT2D eigenvalue weighted by Crippen LogP contribution is 2.04. The van der Waals surface area contributed by atoms with Gasteiger partial charge in [-0.2, -0.15) is 0 Å². The summed E-state index contributed by atoms with van der Waals surface area (Å²) < 4.78 is 0. The fourth-order valence-electron chi connectivity index (χ4n) is 1.94. The van der Waals surface area contributed by atoms with Crippen LogP contribution in [-0.4, -0.2) is 12.5 Å². The molecule has 0 bridgehead atoms. The lowest BCUT2D eigenvalue weighted by molar-refractivity contribution is -0.120. The first-order valence-corrected chi connectivity index (χ1v) is 6.60. The third kappa shape index (κ3) is 4.59. The Labute approximate surface area is 114 Å². The summed E-state index contributed by atoms with van der Waals surface area (Å²) in [6.45, 7) is 2.73. The second-order valence-corrected chi connectivity index (χ2v) is 4.75. The van der Waals surface area contributed by atoms with Crippen LogP contribution in [0.5, 0.6) is 0 Å². The molecule has 0 radical (unpaired) electrons. The zero-order valence-electron chi connectivity index (χ0n) is 11.2. The summed E-state index contributed by atoms with van der Waals surface area (Å²) >= 11 is 0. The predicted molar refractivity (Wildman–Crippen MR) is 78.0 cm³/mol. The predicted octanol–water partition coefficient (Wildman–Crippen LogP) is 2.90. The van der Waals surface area contributed by atoms with E-state index in [1.165, 1.54) is 11.1 Å². The van der Waals surface area contributed by atoms with E-state index >= 15 is 0 Å². The van der Waals surface area contributed by atoms with E-state index in [-0.39, 0.29) is 5.91 Å². The molecule has 2 aromatic carbocycles. The Morgan fingerprint density at radius 3 is 2.32 bits per heavy atom. The van der Waals surface area contributed by atoms with Crippen molar-refractivity contribution in [1.29, 1.82) is 0 Å². The molecule has 0 saturated heterocycles. The highest BCUT2D eigenvalue weighted by atomic mass is 16.1. The van der Waals surface area contributed by atoms with Gasteiger partial charge in [0.25, 0.3) is 0 Å².